The summed E-state index contributed by atoms with van der Waals surface area (Å²) < 4.78 is 1.40. The van der Waals surface area contributed by atoms with E-state index in [9.17, 15) is 9.59 Å². The minimum Gasteiger partial charge on any atom is -0.480 e. The molecule has 6 heteroatoms. The molecule has 2 rings (SSSR count). The molecule has 0 aliphatic heterocycles. The third kappa shape index (κ3) is 3.23. The molecule has 1 unspecified atom stereocenters. The highest BCUT2D eigenvalue weighted by Crippen LogP contribution is 2.11. The van der Waals surface area contributed by atoms with Gasteiger partial charge in [-0.15, -0.1) is 0 Å². The van der Waals surface area contributed by atoms with E-state index in [0.29, 0.717) is 5.69 Å². The van der Waals surface area contributed by atoms with Crippen molar-refractivity contribution in [3.63, 3.8) is 0 Å². The van der Waals surface area contributed by atoms with Gasteiger partial charge in [-0.25, -0.2) is 0 Å². The molecule has 2 heterocycles. The highest BCUT2D eigenvalue weighted by atomic mass is 16.4. The number of hydrogen-bond acceptors (Lipinski definition) is 3. The van der Waals surface area contributed by atoms with Crippen LogP contribution in [0, 0.1) is 0 Å². The van der Waals surface area contributed by atoms with Crippen LogP contribution in [-0.2, 0) is 11.3 Å². The van der Waals surface area contributed by atoms with Crippen LogP contribution in [0.2, 0.25) is 0 Å². The van der Waals surface area contributed by atoms with Crippen molar-refractivity contribution in [3.8, 4) is 0 Å². The molecule has 6 nitrogen and oxygen atoms in total. The summed E-state index contributed by atoms with van der Waals surface area (Å²) in [4.78, 5) is 26.9. The first-order valence-corrected chi connectivity index (χ1v) is 6.15. The first-order chi connectivity index (χ1) is 9.58. The Morgan fingerprint density at radius 2 is 2.20 bits per heavy atom. The van der Waals surface area contributed by atoms with Gasteiger partial charge in [-0.3, -0.25) is 14.6 Å². The van der Waals surface area contributed by atoms with Crippen molar-refractivity contribution >= 4 is 11.9 Å². The molecule has 2 aromatic heterocycles. The van der Waals surface area contributed by atoms with E-state index in [-0.39, 0.29) is 18.5 Å². The maximum atomic E-state index is 12.1. The van der Waals surface area contributed by atoms with Crippen molar-refractivity contribution in [3.05, 3.63) is 54.1 Å². The number of pyridine rings is 1. The van der Waals surface area contributed by atoms with E-state index in [1.807, 2.05) is 13.0 Å². The van der Waals surface area contributed by atoms with Crippen molar-refractivity contribution in [2.75, 3.05) is 0 Å². The quantitative estimate of drug-likeness (QED) is 0.863. The Hall–Kier alpha value is -2.63. The number of nitrogens with one attached hydrogen (secondary N) is 1. The number of carbonyl (C=O) groups excluding carboxylic acids is 1. The molecule has 0 saturated heterocycles. The Balaban J connectivity index is 2.09. The van der Waals surface area contributed by atoms with E-state index in [0.717, 1.165) is 5.56 Å². The molecule has 1 atom stereocenters. The van der Waals surface area contributed by atoms with E-state index in [1.54, 1.807) is 36.8 Å². The largest absolute Gasteiger partial charge is 0.480 e. The molecule has 104 valence electrons. The molecule has 2 N–H and O–H groups in total. The van der Waals surface area contributed by atoms with Gasteiger partial charge >= 0.3 is 5.97 Å². The standard InChI is InChI=1S/C14H15N3O3/c1-10(11-4-2-6-15-8-11)16-14(20)12-5-3-7-17(12)9-13(18)19/h2-8,10H,9H2,1H3,(H,16,20)(H,18,19). The van der Waals surface area contributed by atoms with Crippen molar-refractivity contribution < 1.29 is 14.7 Å². The molecule has 1 amide bonds. The van der Waals surface area contributed by atoms with E-state index in [1.165, 1.54) is 4.57 Å². The van der Waals surface area contributed by atoms with Crippen LogP contribution >= 0.6 is 0 Å². The fraction of sp³-hybridized carbons (Fsp3) is 0.214. The Labute approximate surface area is 116 Å². The molecule has 0 saturated carbocycles. The number of amides is 1. The molecule has 0 radical (unpaired) electrons. The predicted molar refractivity (Wildman–Crippen MR) is 72.2 cm³/mol. The normalized spacial score (nSPS) is 11.8. The molecule has 20 heavy (non-hydrogen) atoms. The summed E-state index contributed by atoms with van der Waals surface area (Å²) in [5.41, 5.74) is 1.21. The third-order valence-corrected chi connectivity index (χ3v) is 2.90. The van der Waals surface area contributed by atoms with E-state index < -0.39 is 5.97 Å². The van der Waals surface area contributed by atoms with Crippen LogP contribution in [-0.4, -0.2) is 26.5 Å². The summed E-state index contributed by atoms with van der Waals surface area (Å²) >= 11 is 0. The summed E-state index contributed by atoms with van der Waals surface area (Å²) in [6.45, 7) is 1.61. The topological polar surface area (TPSA) is 84.2 Å². The van der Waals surface area contributed by atoms with E-state index >= 15 is 0 Å². The third-order valence-electron chi connectivity index (χ3n) is 2.90. The zero-order valence-electron chi connectivity index (χ0n) is 11.0. The van der Waals surface area contributed by atoms with Crippen LogP contribution in [0.1, 0.15) is 29.0 Å². The lowest BCUT2D eigenvalue weighted by atomic mass is 10.1. The van der Waals surface area contributed by atoms with Gasteiger partial charge in [0.25, 0.3) is 5.91 Å². The SMILES string of the molecule is CC(NC(=O)c1cccn1CC(=O)O)c1cccnc1. The monoisotopic (exact) mass is 273 g/mol. The lowest BCUT2D eigenvalue weighted by Crippen LogP contribution is -2.29. The lowest BCUT2D eigenvalue weighted by Gasteiger charge is -2.14. The average molecular weight is 273 g/mol. The van der Waals surface area contributed by atoms with Gasteiger partial charge in [0.15, 0.2) is 0 Å². The minimum absolute atomic E-state index is 0.204. The summed E-state index contributed by atoms with van der Waals surface area (Å²) in [6, 6.07) is 6.70. The van der Waals surface area contributed by atoms with Crippen LogP contribution in [0.4, 0.5) is 0 Å². The van der Waals surface area contributed by atoms with Crippen LogP contribution < -0.4 is 5.32 Å². The maximum absolute atomic E-state index is 12.1. The Morgan fingerprint density at radius 1 is 1.40 bits per heavy atom. The highest BCUT2D eigenvalue weighted by molar-refractivity contribution is 5.93. The van der Waals surface area contributed by atoms with Crippen LogP contribution in [0.25, 0.3) is 0 Å². The molecule has 0 fully saturated rings. The first kappa shape index (κ1) is 13.8. The van der Waals surface area contributed by atoms with Crippen molar-refractivity contribution in [1.29, 1.82) is 0 Å². The molecular formula is C14H15N3O3. The second kappa shape index (κ2) is 6.01. The van der Waals surface area contributed by atoms with Gasteiger partial charge in [-0.1, -0.05) is 6.07 Å². The lowest BCUT2D eigenvalue weighted by molar-refractivity contribution is -0.137. The summed E-state index contributed by atoms with van der Waals surface area (Å²) in [5.74, 6) is -1.30. The smallest absolute Gasteiger partial charge is 0.323 e. The molecule has 2 aromatic rings. The number of hydrogen-bond donors (Lipinski definition) is 2. The molecule has 0 bridgehead atoms. The predicted octanol–water partition coefficient (Wildman–Crippen LogP) is 1.46. The van der Waals surface area contributed by atoms with Crippen molar-refractivity contribution in [1.82, 2.24) is 14.9 Å². The Morgan fingerprint density at radius 3 is 2.85 bits per heavy atom. The molecule has 0 spiro atoms. The zero-order valence-corrected chi connectivity index (χ0v) is 11.0. The number of carbonyl (C=O) groups is 2. The molecule has 0 aliphatic rings. The van der Waals surface area contributed by atoms with Crippen LogP contribution in [0.15, 0.2) is 42.9 Å². The van der Waals surface area contributed by atoms with Gasteiger partial charge in [0.2, 0.25) is 0 Å². The fourth-order valence-electron chi connectivity index (χ4n) is 1.89. The Bertz CT molecular complexity index is 607. The number of nitrogens with zero attached hydrogens (tertiary/aromatic N) is 2. The Kier molecular flexibility index (Phi) is 4.14. The number of aliphatic carboxylic acids is 1. The van der Waals surface area contributed by atoms with Gasteiger partial charge in [-0.05, 0) is 30.7 Å². The molecule has 0 aromatic carbocycles. The highest BCUT2D eigenvalue weighted by Gasteiger charge is 2.15. The summed E-state index contributed by atoms with van der Waals surface area (Å²) in [5, 5.41) is 11.6. The van der Waals surface area contributed by atoms with Gasteiger partial charge in [0, 0.05) is 18.6 Å². The van der Waals surface area contributed by atoms with Crippen LogP contribution in [0.5, 0.6) is 0 Å². The van der Waals surface area contributed by atoms with Crippen molar-refractivity contribution in [2.45, 2.75) is 19.5 Å². The second-order valence-electron chi connectivity index (χ2n) is 4.40. The fourth-order valence-corrected chi connectivity index (χ4v) is 1.89. The summed E-state index contributed by atoms with van der Waals surface area (Å²) in [6.07, 6.45) is 4.91. The molecule has 0 aliphatic carbocycles. The van der Waals surface area contributed by atoms with Gasteiger partial charge < -0.3 is 15.0 Å². The van der Waals surface area contributed by atoms with E-state index in [4.69, 9.17) is 5.11 Å². The van der Waals surface area contributed by atoms with Gasteiger partial charge in [0.05, 0.1) is 6.04 Å². The van der Waals surface area contributed by atoms with Gasteiger partial charge in [-0.2, -0.15) is 0 Å². The van der Waals surface area contributed by atoms with Crippen molar-refractivity contribution in [2.24, 2.45) is 0 Å². The number of rotatable bonds is 5. The molecular weight excluding hydrogens is 258 g/mol. The maximum Gasteiger partial charge on any atom is 0.323 e. The summed E-state index contributed by atoms with van der Waals surface area (Å²) in [7, 11) is 0. The zero-order chi connectivity index (χ0) is 14.5. The second-order valence-corrected chi connectivity index (χ2v) is 4.40. The first-order valence-electron chi connectivity index (χ1n) is 6.15. The number of carboxylic acids is 1. The van der Waals surface area contributed by atoms with Crippen LogP contribution in [0.3, 0.4) is 0 Å². The average Bonchev–Trinajstić information content (AvgIpc) is 2.87. The minimum atomic E-state index is -0.990. The van der Waals surface area contributed by atoms with E-state index in [2.05, 4.69) is 10.3 Å². The van der Waals surface area contributed by atoms with Gasteiger partial charge in [0.1, 0.15) is 12.2 Å². The number of aromatic nitrogens is 2. The number of carboxylic acid groups (broad SMARTS) is 1.